The average molecular weight is 291 g/mol. The van der Waals surface area contributed by atoms with Gasteiger partial charge in [0.25, 0.3) is 5.91 Å². The normalized spacial score (nSPS) is 18.0. The van der Waals surface area contributed by atoms with Crippen molar-refractivity contribution in [2.45, 2.75) is 39.3 Å². The number of hydrogen-bond donors (Lipinski definition) is 2. The van der Waals surface area contributed by atoms with Crippen LogP contribution in [0.2, 0.25) is 0 Å². The molecule has 0 bridgehead atoms. The standard InChI is InChI=1S/C15H21N3O3/c1-3-5-12-14(19)18(15(20)17-12)9-10-8-11(16)6-7-13(10)21-4-2/h6-8,12H,3-5,9,16H2,1-2H3,(H,17,20). The molecule has 0 spiro atoms. The highest BCUT2D eigenvalue weighted by molar-refractivity contribution is 6.04. The number of imide groups is 1. The van der Waals surface area contributed by atoms with Crippen molar-refractivity contribution < 1.29 is 14.3 Å². The largest absolute Gasteiger partial charge is 0.494 e. The van der Waals surface area contributed by atoms with E-state index in [1.807, 2.05) is 13.8 Å². The van der Waals surface area contributed by atoms with E-state index in [-0.39, 0.29) is 18.5 Å². The van der Waals surface area contributed by atoms with Gasteiger partial charge in [-0.2, -0.15) is 0 Å². The summed E-state index contributed by atoms with van der Waals surface area (Å²) in [6, 6.07) is 4.46. The van der Waals surface area contributed by atoms with Gasteiger partial charge in [0, 0.05) is 11.3 Å². The molecule has 1 unspecified atom stereocenters. The van der Waals surface area contributed by atoms with Crippen LogP contribution >= 0.6 is 0 Å². The lowest BCUT2D eigenvalue weighted by atomic mass is 10.1. The monoisotopic (exact) mass is 291 g/mol. The molecule has 1 fully saturated rings. The first-order valence-corrected chi connectivity index (χ1v) is 7.19. The molecule has 3 amide bonds. The molecule has 1 aromatic rings. The second-order valence-corrected chi connectivity index (χ2v) is 5.02. The summed E-state index contributed by atoms with van der Waals surface area (Å²) in [4.78, 5) is 25.4. The van der Waals surface area contributed by atoms with Crippen LogP contribution in [-0.4, -0.2) is 29.5 Å². The topological polar surface area (TPSA) is 84.7 Å². The fourth-order valence-corrected chi connectivity index (χ4v) is 2.40. The number of urea groups is 1. The van der Waals surface area contributed by atoms with E-state index in [4.69, 9.17) is 10.5 Å². The van der Waals surface area contributed by atoms with Gasteiger partial charge in [0.1, 0.15) is 11.8 Å². The number of nitrogens with one attached hydrogen (secondary N) is 1. The Hall–Kier alpha value is -2.24. The summed E-state index contributed by atoms with van der Waals surface area (Å²) < 4.78 is 5.52. The molecule has 0 saturated carbocycles. The Balaban J connectivity index is 2.19. The third-order valence-electron chi connectivity index (χ3n) is 3.40. The van der Waals surface area contributed by atoms with Gasteiger partial charge in [0.2, 0.25) is 0 Å². The highest BCUT2D eigenvalue weighted by atomic mass is 16.5. The van der Waals surface area contributed by atoms with Crippen molar-refractivity contribution >= 4 is 17.6 Å². The maximum Gasteiger partial charge on any atom is 0.325 e. The summed E-state index contributed by atoms with van der Waals surface area (Å²) in [7, 11) is 0. The molecule has 1 aliphatic heterocycles. The average Bonchev–Trinajstić information content (AvgIpc) is 2.70. The Kier molecular flexibility index (Phi) is 4.67. The maximum absolute atomic E-state index is 12.2. The lowest BCUT2D eigenvalue weighted by molar-refractivity contribution is -0.128. The molecule has 6 nitrogen and oxygen atoms in total. The number of amides is 3. The first-order valence-electron chi connectivity index (χ1n) is 7.19. The van der Waals surface area contributed by atoms with E-state index in [2.05, 4.69) is 5.32 Å². The lowest BCUT2D eigenvalue weighted by Crippen LogP contribution is -2.31. The van der Waals surface area contributed by atoms with E-state index in [1.165, 1.54) is 4.90 Å². The minimum Gasteiger partial charge on any atom is -0.494 e. The fraction of sp³-hybridized carbons (Fsp3) is 0.467. The summed E-state index contributed by atoms with van der Waals surface area (Å²) in [5.41, 5.74) is 7.09. The molecule has 1 saturated heterocycles. The maximum atomic E-state index is 12.2. The van der Waals surface area contributed by atoms with Crippen LogP contribution in [0.5, 0.6) is 5.75 Å². The van der Waals surface area contributed by atoms with E-state index < -0.39 is 6.04 Å². The van der Waals surface area contributed by atoms with Gasteiger partial charge >= 0.3 is 6.03 Å². The third kappa shape index (κ3) is 3.26. The molecule has 21 heavy (non-hydrogen) atoms. The van der Waals surface area contributed by atoms with E-state index in [0.29, 0.717) is 24.5 Å². The fourth-order valence-electron chi connectivity index (χ4n) is 2.40. The smallest absolute Gasteiger partial charge is 0.325 e. The van der Waals surface area contributed by atoms with Crippen LogP contribution in [0.3, 0.4) is 0 Å². The second kappa shape index (κ2) is 6.47. The molecular weight excluding hydrogens is 270 g/mol. The molecule has 1 aromatic carbocycles. The number of ether oxygens (including phenoxy) is 1. The molecule has 1 heterocycles. The van der Waals surface area contributed by atoms with Crippen LogP contribution in [0.15, 0.2) is 18.2 Å². The minimum atomic E-state index is -0.417. The zero-order valence-electron chi connectivity index (χ0n) is 12.4. The molecule has 0 aliphatic carbocycles. The van der Waals surface area contributed by atoms with Gasteiger partial charge in [-0.3, -0.25) is 9.69 Å². The van der Waals surface area contributed by atoms with Crippen molar-refractivity contribution in [1.82, 2.24) is 10.2 Å². The van der Waals surface area contributed by atoms with E-state index >= 15 is 0 Å². The van der Waals surface area contributed by atoms with Gasteiger partial charge in [0.05, 0.1) is 13.2 Å². The van der Waals surface area contributed by atoms with Crippen molar-refractivity contribution in [3.05, 3.63) is 23.8 Å². The van der Waals surface area contributed by atoms with E-state index in [0.717, 1.165) is 12.0 Å². The molecule has 0 aromatic heterocycles. The van der Waals surface area contributed by atoms with Crippen molar-refractivity contribution in [3.63, 3.8) is 0 Å². The highest BCUT2D eigenvalue weighted by Gasteiger charge is 2.37. The summed E-state index contributed by atoms with van der Waals surface area (Å²) in [5, 5.41) is 2.71. The number of nitrogens with two attached hydrogens (primary N) is 1. The number of carbonyl (C=O) groups excluding carboxylic acids is 2. The number of anilines is 1. The van der Waals surface area contributed by atoms with Gasteiger partial charge in [-0.05, 0) is 31.5 Å². The zero-order valence-corrected chi connectivity index (χ0v) is 12.4. The quantitative estimate of drug-likeness (QED) is 0.619. The molecule has 6 heteroatoms. The Bertz CT molecular complexity index is 545. The molecule has 3 N–H and O–H groups in total. The minimum absolute atomic E-state index is 0.172. The first kappa shape index (κ1) is 15.2. The summed E-state index contributed by atoms with van der Waals surface area (Å²) >= 11 is 0. The van der Waals surface area contributed by atoms with Crippen LogP contribution in [0.1, 0.15) is 32.3 Å². The number of carbonyl (C=O) groups is 2. The van der Waals surface area contributed by atoms with Gasteiger partial charge < -0.3 is 15.8 Å². The summed E-state index contributed by atoms with van der Waals surface area (Å²) in [6.07, 6.45) is 1.49. The van der Waals surface area contributed by atoms with Crippen molar-refractivity contribution in [3.8, 4) is 5.75 Å². The molecule has 2 rings (SSSR count). The molecular formula is C15H21N3O3. The summed E-state index contributed by atoms with van der Waals surface area (Å²) in [6.45, 7) is 4.54. The van der Waals surface area contributed by atoms with Crippen LogP contribution in [0, 0.1) is 0 Å². The number of nitrogen functional groups attached to an aromatic ring is 1. The lowest BCUT2D eigenvalue weighted by Gasteiger charge is -2.16. The number of nitrogens with zero attached hydrogens (tertiary/aromatic N) is 1. The van der Waals surface area contributed by atoms with Gasteiger partial charge in [-0.25, -0.2) is 4.79 Å². The second-order valence-electron chi connectivity index (χ2n) is 5.02. The van der Waals surface area contributed by atoms with Gasteiger partial charge in [-0.1, -0.05) is 13.3 Å². The molecule has 1 atom stereocenters. The zero-order chi connectivity index (χ0) is 15.4. The number of hydrogen-bond acceptors (Lipinski definition) is 4. The van der Waals surface area contributed by atoms with Crippen LogP contribution < -0.4 is 15.8 Å². The van der Waals surface area contributed by atoms with Gasteiger partial charge in [-0.15, -0.1) is 0 Å². The van der Waals surface area contributed by atoms with Crippen molar-refractivity contribution in [1.29, 1.82) is 0 Å². The Morgan fingerprint density at radius 2 is 2.10 bits per heavy atom. The van der Waals surface area contributed by atoms with E-state index in [9.17, 15) is 9.59 Å². The molecule has 114 valence electrons. The predicted octanol–water partition coefficient (Wildman–Crippen LogP) is 1.89. The Labute approximate surface area is 124 Å². The Morgan fingerprint density at radius 3 is 2.76 bits per heavy atom. The van der Waals surface area contributed by atoms with Crippen molar-refractivity contribution in [2.24, 2.45) is 0 Å². The summed E-state index contributed by atoms with van der Waals surface area (Å²) in [5.74, 6) is 0.456. The van der Waals surface area contributed by atoms with Crippen LogP contribution in [0.25, 0.3) is 0 Å². The van der Waals surface area contributed by atoms with Crippen LogP contribution in [0.4, 0.5) is 10.5 Å². The molecule has 0 radical (unpaired) electrons. The van der Waals surface area contributed by atoms with Crippen molar-refractivity contribution in [2.75, 3.05) is 12.3 Å². The third-order valence-corrected chi connectivity index (χ3v) is 3.40. The predicted molar refractivity (Wildman–Crippen MR) is 79.8 cm³/mol. The Morgan fingerprint density at radius 1 is 1.33 bits per heavy atom. The van der Waals surface area contributed by atoms with Crippen LogP contribution in [-0.2, 0) is 11.3 Å². The SMILES string of the molecule is CCCC1NC(=O)N(Cc2cc(N)ccc2OCC)C1=O. The first-order chi connectivity index (χ1) is 10.1. The highest BCUT2D eigenvalue weighted by Crippen LogP contribution is 2.25. The van der Waals surface area contributed by atoms with E-state index in [1.54, 1.807) is 18.2 Å². The number of benzene rings is 1. The van der Waals surface area contributed by atoms with Gasteiger partial charge in [0.15, 0.2) is 0 Å². The number of rotatable bonds is 6. The molecule has 1 aliphatic rings.